The number of nitro groups is 1. The van der Waals surface area contributed by atoms with E-state index < -0.39 is 27.1 Å². The summed E-state index contributed by atoms with van der Waals surface area (Å²) in [7, 11) is -3.82. The van der Waals surface area contributed by atoms with Crippen LogP contribution in [-0.2, 0) is 9.84 Å². The monoisotopic (exact) mass is 319 g/mol. The van der Waals surface area contributed by atoms with Gasteiger partial charge in [-0.3, -0.25) is 10.1 Å². The molecule has 0 bridgehead atoms. The van der Waals surface area contributed by atoms with Gasteiger partial charge in [0.1, 0.15) is 10.6 Å². The lowest BCUT2D eigenvalue weighted by atomic mass is 10.2. The van der Waals surface area contributed by atoms with Gasteiger partial charge >= 0.3 is 5.69 Å². The lowest BCUT2D eigenvalue weighted by molar-refractivity contribution is -0.386. The molecule has 0 saturated carbocycles. The van der Waals surface area contributed by atoms with Crippen molar-refractivity contribution in [2.45, 2.75) is 18.7 Å². The number of aliphatic hydroxyl groups excluding tert-OH is 1. The van der Waals surface area contributed by atoms with Crippen molar-refractivity contribution in [2.24, 2.45) is 0 Å². The molecule has 9 heteroatoms. The molecule has 1 rings (SSSR count). The summed E-state index contributed by atoms with van der Waals surface area (Å²) in [4.78, 5) is 10.1. The van der Waals surface area contributed by atoms with Gasteiger partial charge in [0, 0.05) is 6.07 Å². The molecule has 0 aliphatic heterocycles. The summed E-state index contributed by atoms with van der Waals surface area (Å²) in [6, 6.07) is 2.09. The zero-order chi connectivity index (χ0) is 16.0. The van der Waals surface area contributed by atoms with Crippen molar-refractivity contribution < 1.29 is 27.9 Å². The Labute approximate surface area is 122 Å². The van der Waals surface area contributed by atoms with E-state index in [4.69, 9.17) is 14.6 Å². The van der Waals surface area contributed by atoms with E-state index in [9.17, 15) is 18.5 Å². The number of rotatable bonds is 8. The summed E-state index contributed by atoms with van der Waals surface area (Å²) >= 11 is 0. The van der Waals surface area contributed by atoms with Gasteiger partial charge in [-0.1, -0.05) is 0 Å². The third kappa shape index (κ3) is 4.05. The van der Waals surface area contributed by atoms with E-state index >= 15 is 0 Å². The van der Waals surface area contributed by atoms with E-state index in [1.807, 2.05) is 0 Å². The Kier molecular flexibility index (Phi) is 5.91. The smallest absolute Gasteiger partial charge is 0.314 e. The molecule has 0 heterocycles. The van der Waals surface area contributed by atoms with Crippen molar-refractivity contribution in [1.29, 1.82) is 0 Å². The van der Waals surface area contributed by atoms with Gasteiger partial charge in [0.2, 0.25) is 0 Å². The minimum atomic E-state index is -3.82. The van der Waals surface area contributed by atoms with E-state index in [1.165, 1.54) is 0 Å². The van der Waals surface area contributed by atoms with E-state index in [-0.39, 0.29) is 35.3 Å². The maximum atomic E-state index is 12.1. The fourth-order valence-corrected chi connectivity index (χ4v) is 2.86. The molecule has 8 nitrogen and oxygen atoms in total. The summed E-state index contributed by atoms with van der Waals surface area (Å²) in [5.41, 5.74) is -0.372. The third-order valence-electron chi connectivity index (χ3n) is 2.52. The van der Waals surface area contributed by atoms with Gasteiger partial charge in [0.25, 0.3) is 0 Å². The molecule has 0 saturated heterocycles. The van der Waals surface area contributed by atoms with Crippen LogP contribution in [0.25, 0.3) is 0 Å². The standard InChI is InChI=1S/C12H17NO7S/c1-3-19-10-8-12(21(17,18)6-5-14)11(20-4-2)7-9(10)13(15)16/h7-8,14H,3-6H2,1-2H3. The van der Waals surface area contributed by atoms with Crippen LogP contribution in [0.4, 0.5) is 5.69 Å². The van der Waals surface area contributed by atoms with Crippen LogP contribution in [0.3, 0.4) is 0 Å². The SMILES string of the molecule is CCOc1cc(S(=O)(=O)CCO)c(OCC)cc1[N+](=O)[O-]. The van der Waals surface area contributed by atoms with Gasteiger partial charge in [-0.05, 0) is 13.8 Å². The highest BCUT2D eigenvalue weighted by Gasteiger charge is 2.27. The molecule has 21 heavy (non-hydrogen) atoms. The average Bonchev–Trinajstić information content (AvgIpc) is 2.40. The first-order valence-electron chi connectivity index (χ1n) is 6.29. The van der Waals surface area contributed by atoms with Crippen LogP contribution in [0.2, 0.25) is 0 Å². The van der Waals surface area contributed by atoms with E-state index in [1.54, 1.807) is 13.8 Å². The van der Waals surface area contributed by atoms with Gasteiger partial charge in [0.15, 0.2) is 15.6 Å². The second kappa shape index (κ2) is 7.23. The lowest BCUT2D eigenvalue weighted by Crippen LogP contribution is -2.13. The topological polar surface area (TPSA) is 116 Å². The van der Waals surface area contributed by atoms with Crippen molar-refractivity contribution in [1.82, 2.24) is 0 Å². The number of nitrogens with zero attached hydrogens (tertiary/aromatic N) is 1. The Balaban J connectivity index is 3.53. The van der Waals surface area contributed by atoms with Crippen LogP contribution >= 0.6 is 0 Å². The number of aliphatic hydroxyl groups is 1. The van der Waals surface area contributed by atoms with Crippen molar-refractivity contribution in [3.8, 4) is 11.5 Å². The highest BCUT2D eigenvalue weighted by Crippen LogP contribution is 2.37. The fourth-order valence-electron chi connectivity index (χ4n) is 1.69. The summed E-state index contributed by atoms with van der Waals surface area (Å²) in [5, 5.41) is 19.9. The molecule has 0 atom stereocenters. The average molecular weight is 319 g/mol. The first-order chi connectivity index (χ1) is 9.87. The molecule has 0 aromatic heterocycles. The van der Waals surface area contributed by atoms with Gasteiger partial charge in [-0.25, -0.2) is 8.42 Å². The summed E-state index contributed by atoms with van der Waals surface area (Å²) < 4.78 is 34.5. The second-order valence-electron chi connectivity index (χ2n) is 3.93. The molecule has 118 valence electrons. The van der Waals surface area contributed by atoms with Crippen LogP contribution in [-0.4, -0.2) is 44.0 Å². The Morgan fingerprint density at radius 2 is 1.76 bits per heavy atom. The minimum Gasteiger partial charge on any atom is -0.492 e. The largest absolute Gasteiger partial charge is 0.492 e. The predicted octanol–water partition coefficient (Wildman–Crippen LogP) is 1.16. The number of benzene rings is 1. The van der Waals surface area contributed by atoms with Gasteiger partial charge in [-0.2, -0.15) is 0 Å². The molecule has 0 spiro atoms. The molecular formula is C12H17NO7S. The van der Waals surface area contributed by atoms with Crippen LogP contribution in [0.15, 0.2) is 17.0 Å². The van der Waals surface area contributed by atoms with E-state index in [0.717, 1.165) is 12.1 Å². The van der Waals surface area contributed by atoms with E-state index in [0.29, 0.717) is 0 Å². The highest BCUT2D eigenvalue weighted by atomic mass is 32.2. The molecule has 0 radical (unpaired) electrons. The van der Waals surface area contributed by atoms with Crippen molar-refractivity contribution in [3.63, 3.8) is 0 Å². The molecule has 0 amide bonds. The molecule has 1 aromatic rings. The van der Waals surface area contributed by atoms with Gasteiger partial charge in [-0.15, -0.1) is 0 Å². The maximum absolute atomic E-state index is 12.1. The van der Waals surface area contributed by atoms with Crippen molar-refractivity contribution >= 4 is 15.5 Å². The first-order valence-corrected chi connectivity index (χ1v) is 7.94. The zero-order valence-electron chi connectivity index (χ0n) is 11.7. The zero-order valence-corrected chi connectivity index (χ0v) is 12.6. The van der Waals surface area contributed by atoms with Crippen molar-refractivity contribution in [3.05, 3.63) is 22.2 Å². The number of hydrogen-bond donors (Lipinski definition) is 1. The second-order valence-corrected chi connectivity index (χ2v) is 6.01. The molecular weight excluding hydrogens is 302 g/mol. The molecule has 1 aromatic carbocycles. The Hall–Kier alpha value is -1.87. The number of ether oxygens (including phenoxy) is 2. The number of sulfone groups is 1. The number of nitro benzene ring substituents is 1. The van der Waals surface area contributed by atoms with E-state index in [2.05, 4.69) is 0 Å². The molecule has 0 aliphatic carbocycles. The van der Waals surface area contributed by atoms with Crippen molar-refractivity contribution in [2.75, 3.05) is 25.6 Å². The maximum Gasteiger partial charge on any atom is 0.314 e. The van der Waals surface area contributed by atoms with Crippen LogP contribution < -0.4 is 9.47 Å². The third-order valence-corrected chi connectivity index (χ3v) is 4.23. The number of hydrogen-bond acceptors (Lipinski definition) is 7. The molecule has 0 fully saturated rings. The fraction of sp³-hybridized carbons (Fsp3) is 0.500. The predicted molar refractivity (Wildman–Crippen MR) is 74.6 cm³/mol. The summed E-state index contributed by atoms with van der Waals surface area (Å²) in [5.74, 6) is -0.778. The van der Waals surface area contributed by atoms with Crippen LogP contribution in [0, 0.1) is 10.1 Å². The van der Waals surface area contributed by atoms with Gasteiger partial charge < -0.3 is 14.6 Å². The van der Waals surface area contributed by atoms with Gasteiger partial charge in [0.05, 0.1) is 36.6 Å². The summed E-state index contributed by atoms with van der Waals surface area (Å²) in [6.07, 6.45) is 0. The quantitative estimate of drug-likeness (QED) is 0.564. The minimum absolute atomic E-state index is 0.124. The summed E-state index contributed by atoms with van der Waals surface area (Å²) in [6.45, 7) is 2.99. The Morgan fingerprint density at radius 3 is 2.24 bits per heavy atom. The van der Waals surface area contributed by atoms with Crippen LogP contribution in [0.5, 0.6) is 11.5 Å². The highest BCUT2D eigenvalue weighted by molar-refractivity contribution is 7.91. The first kappa shape index (κ1) is 17.2. The Bertz CT molecular complexity index is 612. The van der Waals surface area contributed by atoms with Crippen LogP contribution in [0.1, 0.15) is 13.8 Å². The Morgan fingerprint density at radius 1 is 1.19 bits per heavy atom. The lowest BCUT2D eigenvalue weighted by Gasteiger charge is -2.13. The normalized spacial score (nSPS) is 11.2. The molecule has 1 N–H and O–H groups in total. The molecule has 0 unspecified atom stereocenters. The molecule has 0 aliphatic rings.